The monoisotopic (exact) mass is 291 g/mol. The van der Waals surface area contributed by atoms with Crippen LogP contribution >= 0.6 is 11.8 Å². The Hall–Kier alpha value is -0.470. The topological polar surface area (TPSA) is 12.0 Å². The molecule has 0 bridgehead atoms. The van der Waals surface area contributed by atoms with Gasteiger partial charge in [-0.15, -0.1) is 11.8 Å². The van der Waals surface area contributed by atoms with Crippen molar-refractivity contribution in [2.45, 2.75) is 63.3 Å². The van der Waals surface area contributed by atoms with E-state index in [2.05, 4.69) is 43.4 Å². The number of nitrogens with one attached hydrogen (secondary N) is 1. The Kier molecular flexibility index (Phi) is 6.95. The summed E-state index contributed by atoms with van der Waals surface area (Å²) in [5.41, 5.74) is 1.41. The van der Waals surface area contributed by atoms with E-state index in [4.69, 9.17) is 0 Å². The maximum Gasteiger partial charge on any atom is 0.0189 e. The Morgan fingerprint density at radius 2 is 1.85 bits per heavy atom. The molecule has 1 fully saturated rings. The standard InChI is InChI=1S/C18H29NS/c1-3-19-17(16-11-6-4-5-7-12-16)14-20-18-13-9-8-10-15(18)2/h8-10,13,16-17,19H,3-7,11-12,14H2,1-2H3. The maximum atomic E-state index is 3.75. The second-order valence-electron chi connectivity index (χ2n) is 5.99. The molecule has 1 saturated carbocycles. The predicted octanol–water partition coefficient (Wildman–Crippen LogP) is 5.04. The van der Waals surface area contributed by atoms with Gasteiger partial charge in [0.25, 0.3) is 0 Å². The van der Waals surface area contributed by atoms with E-state index in [-0.39, 0.29) is 0 Å². The first-order valence-corrected chi connectivity index (χ1v) is 9.21. The average Bonchev–Trinajstić information content (AvgIpc) is 2.74. The first-order chi connectivity index (χ1) is 9.81. The highest BCUT2D eigenvalue weighted by Gasteiger charge is 2.22. The van der Waals surface area contributed by atoms with Crippen LogP contribution in [0.5, 0.6) is 0 Å². The Balaban J connectivity index is 1.92. The van der Waals surface area contributed by atoms with Gasteiger partial charge < -0.3 is 5.32 Å². The molecule has 1 unspecified atom stereocenters. The first kappa shape index (κ1) is 15.9. The fourth-order valence-electron chi connectivity index (χ4n) is 3.24. The first-order valence-electron chi connectivity index (χ1n) is 8.23. The third kappa shape index (κ3) is 4.82. The number of rotatable bonds is 6. The van der Waals surface area contributed by atoms with Gasteiger partial charge in [0.1, 0.15) is 0 Å². The molecule has 2 rings (SSSR count). The van der Waals surface area contributed by atoms with Gasteiger partial charge in [-0.25, -0.2) is 0 Å². The molecule has 1 aliphatic carbocycles. The molecule has 1 aromatic rings. The molecule has 1 aliphatic rings. The van der Waals surface area contributed by atoms with Crippen molar-refractivity contribution in [3.8, 4) is 0 Å². The van der Waals surface area contributed by atoms with Crippen molar-refractivity contribution in [3.63, 3.8) is 0 Å². The lowest BCUT2D eigenvalue weighted by atomic mass is 9.93. The maximum absolute atomic E-state index is 3.75. The highest BCUT2D eigenvalue weighted by Crippen LogP contribution is 2.30. The van der Waals surface area contributed by atoms with Gasteiger partial charge in [0, 0.05) is 16.7 Å². The minimum absolute atomic E-state index is 0.683. The van der Waals surface area contributed by atoms with Gasteiger partial charge in [-0.05, 0) is 43.9 Å². The fourth-order valence-corrected chi connectivity index (χ4v) is 4.45. The smallest absolute Gasteiger partial charge is 0.0189 e. The van der Waals surface area contributed by atoms with Crippen molar-refractivity contribution >= 4 is 11.8 Å². The Morgan fingerprint density at radius 3 is 2.50 bits per heavy atom. The highest BCUT2D eigenvalue weighted by atomic mass is 32.2. The second kappa shape index (κ2) is 8.74. The fraction of sp³-hybridized carbons (Fsp3) is 0.667. The van der Waals surface area contributed by atoms with E-state index in [0.717, 1.165) is 12.5 Å². The van der Waals surface area contributed by atoms with Crippen LogP contribution < -0.4 is 5.32 Å². The lowest BCUT2D eigenvalue weighted by Gasteiger charge is -2.27. The van der Waals surface area contributed by atoms with E-state index in [1.165, 1.54) is 54.7 Å². The number of aryl methyl sites for hydroxylation is 1. The number of thioether (sulfide) groups is 1. The molecule has 0 amide bonds. The lowest BCUT2D eigenvalue weighted by molar-refractivity contribution is 0.347. The SMILES string of the molecule is CCNC(CSc1ccccc1C)C1CCCCCC1. The van der Waals surface area contributed by atoms with Gasteiger partial charge in [0.05, 0.1) is 0 Å². The lowest BCUT2D eigenvalue weighted by Crippen LogP contribution is -2.38. The van der Waals surface area contributed by atoms with Crippen LogP contribution in [0.25, 0.3) is 0 Å². The van der Waals surface area contributed by atoms with Crippen molar-refractivity contribution in [1.82, 2.24) is 5.32 Å². The zero-order chi connectivity index (χ0) is 14.2. The largest absolute Gasteiger partial charge is 0.313 e. The van der Waals surface area contributed by atoms with Crippen molar-refractivity contribution in [3.05, 3.63) is 29.8 Å². The molecule has 1 atom stereocenters. The molecule has 2 heteroatoms. The van der Waals surface area contributed by atoms with Gasteiger partial charge >= 0.3 is 0 Å². The predicted molar refractivity (Wildman–Crippen MR) is 90.6 cm³/mol. The summed E-state index contributed by atoms with van der Waals surface area (Å²) in [7, 11) is 0. The van der Waals surface area contributed by atoms with E-state index < -0.39 is 0 Å². The van der Waals surface area contributed by atoms with Gasteiger partial charge in [0.2, 0.25) is 0 Å². The number of hydrogen-bond acceptors (Lipinski definition) is 2. The summed E-state index contributed by atoms with van der Waals surface area (Å²) < 4.78 is 0. The van der Waals surface area contributed by atoms with Crippen LogP contribution in [-0.2, 0) is 0 Å². The van der Waals surface area contributed by atoms with Crippen LogP contribution in [0.3, 0.4) is 0 Å². The Labute approximate surface area is 128 Å². The zero-order valence-electron chi connectivity index (χ0n) is 13.0. The number of benzene rings is 1. The van der Waals surface area contributed by atoms with Crippen LogP contribution in [0.4, 0.5) is 0 Å². The molecule has 0 aliphatic heterocycles. The van der Waals surface area contributed by atoms with E-state index in [9.17, 15) is 0 Å². The van der Waals surface area contributed by atoms with Crippen LogP contribution in [0.2, 0.25) is 0 Å². The summed E-state index contributed by atoms with van der Waals surface area (Å²) in [4.78, 5) is 1.45. The summed E-state index contributed by atoms with van der Waals surface area (Å²) in [6.45, 7) is 5.55. The third-order valence-electron chi connectivity index (χ3n) is 4.45. The Morgan fingerprint density at radius 1 is 1.15 bits per heavy atom. The van der Waals surface area contributed by atoms with Crippen LogP contribution in [0.1, 0.15) is 51.0 Å². The van der Waals surface area contributed by atoms with Crippen molar-refractivity contribution in [2.24, 2.45) is 5.92 Å². The molecule has 0 heterocycles. The summed E-state index contributed by atoms with van der Waals surface area (Å²) in [6, 6.07) is 9.45. The van der Waals surface area contributed by atoms with E-state index in [1.807, 2.05) is 11.8 Å². The molecule has 1 aromatic carbocycles. The Bertz CT molecular complexity index is 383. The molecule has 0 aromatic heterocycles. The average molecular weight is 292 g/mol. The normalized spacial score (nSPS) is 18.7. The summed E-state index contributed by atoms with van der Waals surface area (Å²) in [5, 5.41) is 3.75. The van der Waals surface area contributed by atoms with E-state index in [1.54, 1.807) is 0 Å². The zero-order valence-corrected chi connectivity index (χ0v) is 13.8. The van der Waals surface area contributed by atoms with Gasteiger partial charge in [-0.1, -0.05) is 50.8 Å². The molecular weight excluding hydrogens is 262 g/mol. The summed E-state index contributed by atoms with van der Waals surface area (Å²) in [5.74, 6) is 2.09. The minimum Gasteiger partial charge on any atom is -0.313 e. The molecule has 20 heavy (non-hydrogen) atoms. The van der Waals surface area contributed by atoms with Crippen molar-refractivity contribution in [1.29, 1.82) is 0 Å². The number of hydrogen-bond donors (Lipinski definition) is 1. The second-order valence-corrected chi connectivity index (χ2v) is 7.05. The molecule has 1 nitrogen and oxygen atoms in total. The van der Waals surface area contributed by atoms with Crippen molar-refractivity contribution < 1.29 is 0 Å². The third-order valence-corrected chi connectivity index (χ3v) is 5.74. The van der Waals surface area contributed by atoms with E-state index in [0.29, 0.717) is 6.04 Å². The summed E-state index contributed by atoms with van der Waals surface area (Å²) >= 11 is 2.03. The molecule has 0 saturated heterocycles. The van der Waals surface area contributed by atoms with Gasteiger partial charge in [0.15, 0.2) is 0 Å². The highest BCUT2D eigenvalue weighted by molar-refractivity contribution is 7.99. The van der Waals surface area contributed by atoms with Crippen LogP contribution in [0, 0.1) is 12.8 Å². The molecular formula is C18H29NS. The van der Waals surface area contributed by atoms with Crippen LogP contribution in [0.15, 0.2) is 29.2 Å². The van der Waals surface area contributed by atoms with Gasteiger partial charge in [-0.2, -0.15) is 0 Å². The van der Waals surface area contributed by atoms with Crippen LogP contribution in [-0.4, -0.2) is 18.3 Å². The minimum atomic E-state index is 0.683. The van der Waals surface area contributed by atoms with Crippen molar-refractivity contribution in [2.75, 3.05) is 12.3 Å². The molecule has 0 spiro atoms. The molecule has 1 N–H and O–H groups in total. The summed E-state index contributed by atoms with van der Waals surface area (Å²) in [6.07, 6.45) is 8.60. The quantitative estimate of drug-likeness (QED) is 0.582. The van der Waals surface area contributed by atoms with Gasteiger partial charge in [-0.3, -0.25) is 0 Å². The molecule has 0 radical (unpaired) electrons. The molecule has 112 valence electrons. The van der Waals surface area contributed by atoms with E-state index >= 15 is 0 Å².